The number of methoxy groups -OCH3 is 1. The van der Waals surface area contributed by atoms with E-state index in [-0.39, 0.29) is 0 Å². The van der Waals surface area contributed by atoms with Gasteiger partial charge >= 0.3 is 0 Å². The maximum atomic E-state index is 9.14. The Bertz CT molecular complexity index is 2200. The molecule has 2 N–H and O–H groups in total. The summed E-state index contributed by atoms with van der Waals surface area (Å²) in [5, 5.41) is 18.1. The number of ether oxygens (including phenoxy) is 1. The quantitative estimate of drug-likeness (QED) is 0.190. The summed E-state index contributed by atoms with van der Waals surface area (Å²) in [4.78, 5) is 23.3. The maximum absolute atomic E-state index is 9.14. The van der Waals surface area contributed by atoms with Crippen LogP contribution in [0.3, 0.4) is 0 Å². The normalized spacial score (nSPS) is 11.0. The van der Waals surface area contributed by atoms with Crippen LogP contribution in [0.5, 0.6) is 5.75 Å². The van der Waals surface area contributed by atoms with Gasteiger partial charge in [-0.2, -0.15) is 5.26 Å². The highest BCUT2D eigenvalue weighted by molar-refractivity contribution is 6.03. The fraction of sp³-hybridized carbons (Fsp3) is 0.0857. The molecule has 45 heavy (non-hydrogen) atoms. The number of hydrogen-bond acceptors (Lipinski definition) is 9. The molecule has 0 unspecified atom stereocenters. The van der Waals surface area contributed by atoms with Gasteiger partial charge in [-0.05, 0) is 72.6 Å². The molecule has 218 valence electrons. The molecule has 0 aliphatic heterocycles. The van der Waals surface area contributed by atoms with Gasteiger partial charge in [0.05, 0.1) is 37.3 Å². The summed E-state index contributed by atoms with van der Waals surface area (Å²) in [6, 6.07) is 27.4. The number of imidazole rings is 1. The van der Waals surface area contributed by atoms with E-state index in [4.69, 9.17) is 20.0 Å². The fourth-order valence-electron chi connectivity index (χ4n) is 5.33. The van der Waals surface area contributed by atoms with Crippen LogP contribution in [-0.2, 0) is 6.54 Å². The number of aryl methyl sites for hydroxylation is 1. The van der Waals surface area contributed by atoms with Crippen LogP contribution in [0, 0.1) is 18.3 Å². The highest BCUT2D eigenvalue weighted by atomic mass is 16.5. The van der Waals surface area contributed by atoms with E-state index in [0.29, 0.717) is 35.0 Å². The van der Waals surface area contributed by atoms with E-state index in [9.17, 15) is 0 Å². The number of nitrogens with zero attached hydrogens (tertiary/aromatic N) is 7. The highest BCUT2D eigenvalue weighted by Gasteiger charge is 2.18. The van der Waals surface area contributed by atoms with Gasteiger partial charge < -0.3 is 19.9 Å². The topological polar surface area (TPSA) is 126 Å². The van der Waals surface area contributed by atoms with Crippen LogP contribution >= 0.6 is 0 Å². The van der Waals surface area contributed by atoms with Crippen molar-refractivity contribution in [2.75, 3.05) is 17.7 Å². The molecule has 0 aliphatic carbocycles. The Balaban J connectivity index is 1.24. The van der Waals surface area contributed by atoms with Gasteiger partial charge in [0.1, 0.15) is 34.9 Å². The number of fused-ring (bicyclic) bond motifs is 2. The van der Waals surface area contributed by atoms with Crippen molar-refractivity contribution in [3.05, 3.63) is 121 Å². The van der Waals surface area contributed by atoms with Crippen LogP contribution in [0.25, 0.3) is 33.2 Å². The number of nitrogens with one attached hydrogen (secondary N) is 2. The number of pyridine rings is 2. The number of rotatable bonds is 8. The molecule has 0 radical (unpaired) electrons. The van der Waals surface area contributed by atoms with E-state index < -0.39 is 0 Å². The molecular formula is C35H27N9O. The molecule has 0 aliphatic rings. The Morgan fingerprint density at radius 2 is 1.62 bits per heavy atom. The van der Waals surface area contributed by atoms with Gasteiger partial charge in [-0.3, -0.25) is 0 Å². The van der Waals surface area contributed by atoms with Gasteiger partial charge in [0, 0.05) is 34.4 Å². The van der Waals surface area contributed by atoms with Crippen LogP contribution in [0.15, 0.2) is 104 Å². The summed E-state index contributed by atoms with van der Waals surface area (Å²) in [5.41, 5.74) is 7.42. The van der Waals surface area contributed by atoms with E-state index in [1.165, 1.54) is 0 Å². The number of aromatic nitrogens is 6. The predicted octanol–water partition coefficient (Wildman–Crippen LogP) is 7.16. The number of anilines is 4. The van der Waals surface area contributed by atoms with Crippen LogP contribution in [0.4, 0.5) is 23.0 Å². The summed E-state index contributed by atoms with van der Waals surface area (Å²) in [6.07, 6.45) is 6.89. The smallest absolute Gasteiger partial charge is 0.164 e. The number of benzene rings is 3. The summed E-state index contributed by atoms with van der Waals surface area (Å²) in [7, 11) is 1.66. The largest absolute Gasteiger partial charge is 0.497 e. The van der Waals surface area contributed by atoms with Crippen molar-refractivity contribution in [2.45, 2.75) is 13.5 Å². The second kappa shape index (κ2) is 11.7. The average Bonchev–Trinajstić information content (AvgIpc) is 3.50. The monoisotopic (exact) mass is 589 g/mol. The van der Waals surface area contributed by atoms with E-state index in [1.807, 2.05) is 59.2 Å². The third kappa shape index (κ3) is 5.34. The standard InChI is InChI=1S/C35H27N9O/c1-22-5-14-28-27(15-17-38-33(28)42-25-10-6-23(18-36)7-11-25)30(22)43-34-29(4-3-16-37-34)31-32-35(40-20-39-31)44(21-41-32)19-24-8-12-26(45-2)13-9-24/h3-17,20-21H,19H2,1-2H3,(H,37,43)(H,38,42). The molecular weight excluding hydrogens is 562 g/mol. The molecule has 3 aromatic carbocycles. The van der Waals surface area contributed by atoms with Crippen molar-refractivity contribution >= 4 is 44.9 Å². The minimum atomic E-state index is 0.602. The maximum Gasteiger partial charge on any atom is 0.164 e. The zero-order valence-corrected chi connectivity index (χ0v) is 24.6. The molecule has 7 aromatic rings. The molecule has 4 aromatic heterocycles. The second-order valence-electron chi connectivity index (χ2n) is 10.5. The molecule has 10 nitrogen and oxygen atoms in total. The van der Waals surface area contributed by atoms with E-state index in [2.05, 4.69) is 50.7 Å². The third-order valence-corrected chi connectivity index (χ3v) is 7.65. The van der Waals surface area contributed by atoms with Gasteiger partial charge in [-0.25, -0.2) is 24.9 Å². The lowest BCUT2D eigenvalue weighted by Gasteiger charge is -2.17. The molecule has 7 rings (SSSR count). The summed E-state index contributed by atoms with van der Waals surface area (Å²) < 4.78 is 7.30. The zero-order valence-electron chi connectivity index (χ0n) is 24.6. The first kappa shape index (κ1) is 27.5. The molecule has 0 bridgehead atoms. The van der Waals surface area contributed by atoms with Gasteiger partial charge in [-0.15, -0.1) is 0 Å². The summed E-state index contributed by atoms with van der Waals surface area (Å²) >= 11 is 0. The van der Waals surface area contributed by atoms with Crippen molar-refractivity contribution in [3.63, 3.8) is 0 Å². The second-order valence-corrected chi connectivity index (χ2v) is 10.5. The molecule has 4 heterocycles. The number of nitriles is 1. The van der Waals surface area contributed by atoms with Gasteiger partial charge in [0.15, 0.2) is 5.65 Å². The Hall–Kier alpha value is -6.34. The van der Waals surface area contributed by atoms with Crippen molar-refractivity contribution in [1.29, 1.82) is 5.26 Å². The molecule has 0 saturated carbocycles. The Kier molecular flexibility index (Phi) is 7.17. The van der Waals surface area contributed by atoms with Crippen molar-refractivity contribution in [1.82, 2.24) is 29.5 Å². The lowest BCUT2D eigenvalue weighted by Crippen LogP contribution is -2.02. The molecule has 0 amide bonds. The van der Waals surface area contributed by atoms with E-state index in [0.717, 1.165) is 50.2 Å². The van der Waals surface area contributed by atoms with E-state index in [1.54, 1.807) is 44.3 Å². The lowest BCUT2D eigenvalue weighted by molar-refractivity contribution is 0.414. The Morgan fingerprint density at radius 3 is 2.42 bits per heavy atom. The first-order valence-electron chi connectivity index (χ1n) is 14.3. The predicted molar refractivity (Wildman–Crippen MR) is 175 cm³/mol. The van der Waals surface area contributed by atoms with Crippen molar-refractivity contribution in [2.24, 2.45) is 0 Å². The van der Waals surface area contributed by atoms with Crippen LogP contribution in [-0.4, -0.2) is 36.6 Å². The molecule has 0 spiro atoms. The van der Waals surface area contributed by atoms with Gasteiger partial charge in [0.2, 0.25) is 0 Å². The first-order chi connectivity index (χ1) is 22.1. The average molecular weight is 590 g/mol. The molecule has 0 atom stereocenters. The Morgan fingerprint density at radius 1 is 0.800 bits per heavy atom. The first-order valence-corrected chi connectivity index (χ1v) is 14.3. The van der Waals surface area contributed by atoms with Crippen LogP contribution in [0.2, 0.25) is 0 Å². The third-order valence-electron chi connectivity index (χ3n) is 7.65. The Labute approximate surface area is 259 Å². The molecule has 10 heteroatoms. The van der Waals surface area contributed by atoms with Crippen molar-refractivity contribution in [3.8, 4) is 23.1 Å². The molecule has 0 saturated heterocycles. The van der Waals surface area contributed by atoms with Gasteiger partial charge in [0.25, 0.3) is 0 Å². The fourth-order valence-corrected chi connectivity index (χ4v) is 5.33. The molecule has 0 fully saturated rings. The zero-order chi connectivity index (χ0) is 30.8. The SMILES string of the molecule is COc1ccc(Cn2cnc3c(-c4cccnc4Nc4c(C)ccc5c(Nc6ccc(C#N)cc6)nccc45)ncnc32)cc1. The van der Waals surface area contributed by atoms with Crippen LogP contribution < -0.4 is 15.4 Å². The van der Waals surface area contributed by atoms with Gasteiger partial charge in [-0.1, -0.05) is 24.3 Å². The summed E-state index contributed by atoms with van der Waals surface area (Å²) in [5.74, 6) is 2.17. The minimum absolute atomic E-state index is 0.602. The lowest BCUT2D eigenvalue weighted by atomic mass is 10.0. The van der Waals surface area contributed by atoms with Crippen LogP contribution in [0.1, 0.15) is 16.7 Å². The van der Waals surface area contributed by atoms with E-state index >= 15 is 0 Å². The summed E-state index contributed by atoms with van der Waals surface area (Å²) in [6.45, 7) is 2.67. The highest BCUT2D eigenvalue weighted by Crippen LogP contribution is 2.36. The minimum Gasteiger partial charge on any atom is -0.497 e. The van der Waals surface area contributed by atoms with Crippen molar-refractivity contribution < 1.29 is 4.74 Å². The number of hydrogen-bond donors (Lipinski definition) is 2.